The molecule has 0 aromatic heterocycles. The van der Waals surface area contributed by atoms with Crippen LogP contribution in [0.4, 0.5) is 0 Å². The molecule has 2 aromatic carbocycles. The van der Waals surface area contributed by atoms with Gasteiger partial charge in [-0.2, -0.15) is 4.31 Å². The molecule has 0 saturated carbocycles. The summed E-state index contributed by atoms with van der Waals surface area (Å²) in [5.41, 5.74) is 2.02. The van der Waals surface area contributed by atoms with Crippen molar-refractivity contribution in [3.8, 4) is 5.75 Å². The maximum atomic E-state index is 12.6. The van der Waals surface area contributed by atoms with Crippen molar-refractivity contribution in [2.45, 2.75) is 44.8 Å². The monoisotopic (exact) mass is 432 g/mol. The Labute approximate surface area is 180 Å². The first-order valence-electron chi connectivity index (χ1n) is 10.00. The van der Waals surface area contributed by atoms with Crippen LogP contribution in [0.2, 0.25) is 0 Å². The van der Waals surface area contributed by atoms with Crippen molar-refractivity contribution < 1.29 is 13.2 Å². The molecule has 2 rings (SSSR count). The lowest BCUT2D eigenvalue weighted by molar-refractivity contribution is 0.410. The van der Waals surface area contributed by atoms with E-state index in [1.54, 1.807) is 26.3 Å². The van der Waals surface area contributed by atoms with E-state index in [1.807, 2.05) is 57.2 Å². The van der Waals surface area contributed by atoms with Gasteiger partial charge in [0.2, 0.25) is 10.0 Å². The zero-order valence-electron chi connectivity index (χ0n) is 18.3. The molecule has 0 radical (unpaired) electrons. The molecule has 2 N–H and O–H groups in total. The predicted molar refractivity (Wildman–Crippen MR) is 121 cm³/mol. The third-order valence-electron chi connectivity index (χ3n) is 4.69. The van der Waals surface area contributed by atoms with E-state index in [4.69, 9.17) is 4.74 Å². The molecule has 8 heteroatoms. The Hall–Kier alpha value is -2.58. The molecular formula is C22H32N4O3S. The van der Waals surface area contributed by atoms with Gasteiger partial charge >= 0.3 is 0 Å². The lowest BCUT2D eigenvalue weighted by Gasteiger charge is -2.21. The van der Waals surface area contributed by atoms with E-state index in [0.29, 0.717) is 23.9 Å². The van der Waals surface area contributed by atoms with E-state index in [-0.39, 0.29) is 6.04 Å². The molecule has 0 bridgehead atoms. The highest BCUT2D eigenvalue weighted by molar-refractivity contribution is 7.89. The summed E-state index contributed by atoms with van der Waals surface area (Å²) in [7, 11) is -0.235. The molecule has 0 amide bonds. The summed E-state index contributed by atoms with van der Waals surface area (Å²) in [5, 5.41) is 6.50. The molecule has 0 aliphatic rings. The fraction of sp³-hybridized carbons (Fsp3) is 0.409. The highest BCUT2D eigenvalue weighted by atomic mass is 32.2. The van der Waals surface area contributed by atoms with E-state index in [2.05, 4.69) is 15.6 Å². The Morgan fingerprint density at radius 3 is 2.40 bits per heavy atom. The number of hydrogen-bond donors (Lipinski definition) is 2. The zero-order chi connectivity index (χ0) is 22.1. The van der Waals surface area contributed by atoms with Crippen LogP contribution in [0.15, 0.2) is 58.4 Å². The SMILES string of the molecule is CCNC(=NCc1cccc(OC)c1)NCc1ccc(S(=O)(=O)N(C)C(C)C)cc1. The van der Waals surface area contributed by atoms with E-state index < -0.39 is 10.0 Å². The van der Waals surface area contributed by atoms with Gasteiger partial charge in [-0.05, 0) is 56.2 Å². The predicted octanol–water partition coefficient (Wildman–Crippen LogP) is 2.98. The van der Waals surface area contributed by atoms with Crippen molar-refractivity contribution in [3.05, 3.63) is 59.7 Å². The third-order valence-corrected chi connectivity index (χ3v) is 6.73. The summed E-state index contributed by atoms with van der Waals surface area (Å²) in [4.78, 5) is 4.90. The second-order valence-corrected chi connectivity index (χ2v) is 9.16. The Kier molecular flexibility index (Phi) is 8.68. The van der Waals surface area contributed by atoms with Crippen LogP contribution in [0.25, 0.3) is 0 Å². The van der Waals surface area contributed by atoms with Gasteiger partial charge in [0.25, 0.3) is 0 Å². The smallest absolute Gasteiger partial charge is 0.243 e. The fourth-order valence-corrected chi connectivity index (χ4v) is 4.06. The summed E-state index contributed by atoms with van der Waals surface area (Å²) in [5.74, 6) is 1.50. The van der Waals surface area contributed by atoms with Crippen LogP contribution in [0.1, 0.15) is 31.9 Å². The van der Waals surface area contributed by atoms with Crippen molar-refractivity contribution in [3.63, 3.8) is 0 Å². The molecular weight excluding hydrogens is 400 g/mol. The van der Waals surface area contributed by atoms with Gasteiger partial charge in [-0.25, -0.2) is 13.4 Å². The molecule has 30 heavy (non-hydrogen) atoms. The average molecular weight is 433 g/mol. The van der Waals surface area contributed by atoms with Crippen LogP contribution in [-0.4, -0.2) is 45.4 Å². The van der Waals surface area contributed by atoms with E-state index >= 15 is 0 Å². The molecule has 0 saturated heterocycles. The minimum Gasteiger partial charge on any atom is -0.497 e. The van der Waals surface area contributed by atoms with Gasteiger partial charge in [-0.3, -0.25) is 0 Å². The number of benzene rings is 2. The third kappa shape index (κ3) is 6.47. The highest BCUT2D eigenvalue weighted by Gasteiger charge is 2.22. The number of aliphatic imine (C=N–C) groups is 1. The van der Waals surface area contributed by atoms with Gasteiger partial charge < -0.3 is 15.4 Å². The first-order chi connectivity index (χ1) is 14.3. The number of methoxy groups -OCH3 is 1. The normalized spacial score (nSPS) is 12.3. The highest BCUT2D eigenvalue weighted by Crippen LogP contribution is 2.17. The standard InChI is InChI=1S/C22H32N4O3S/c1-6-23-22(25-16-19-8-7-9-20(14-19)29-5)24-15-18-10-12-21(13-11-18)30(27,28)26(4)17(2)3/h7-14,17H,6,15-16H2,1-5H3,(H2,23,24,25). The van der Waals surface area contributed by atoms with Crippen molar-refractivity contribution >= 4 is 16.0 Å². The molecule has 7 nitrogen and oxygen atoms in total. The number of rotatable bonds is 9. The molecule has 0 aliphatic heterocycles. The molecule has 164 valence electrons. The van der Waals surface area contributed by atoms with Gasteiger partial charge in [0.1, 0.15) is 5.75 Å². The lowest BCUT2D eigenvalue weighted by Crippen LogP contribution is -2.36. The topological polar surface area (TPSA) is 83.0 Å². The van der Waals surface area contributed by atoms with E-state index in [9.17, 15) is 8.42 Å². The van der Waals surface area contributed by atoms with Crippen molar-refractivity contribution in [1.29, 1.82) is 0 Å². The molecule has 0 atom stereocenters. The summed E-state index contributed by atoms with van der Waals surface area (Å²) < 4.78 is 31.8. The quantitative estimate of drug-likeness (QED) is 0.470. The van der Waals surface area contributed by atoms with Crippen LogP contribution in [0.5, 0.6) is 5.75 Å². The number of nitrogens with zero attached hydrogens (tertiary/aromatic N) is 2. The molecule has 0 fully saturated rings. The minimum absolute atomic E-state index is 0.0974. The van der Waals surface area contributed by atoms with Gasteiger partial charge in [-0.15, -0.1) is 0 Å². The van der Waals surface area contributed by atoms with Crippen molar-refractivity contribution in [2.24, 2.45) is 4.99 Å². The summed E-state index contributed by atoms with van der Waals surface area (Å²) in [6, 6.07) is 14.6. The van der Waals surface area contributed by atoms with Crippen LogP contribution in [0, 0.1) is 0 Å². The Morgan fingerprint density at radius 1 is 1.10 bits per heavy atom. The van der Waals surface area contributed by atoms with Crippen LogP contribution in [0.3, 0.4) is 0 Å². The van der Waals surface area contributed by atoms with Crippen molar-refractivity contribution in [2.75, 3.05) is 20.7 Å². The number of guanidine groups is 1. The number of sulfonamides is 1. The van der Waals surface area contributed by atoms with Gasteiger partial charge in [-0.1, -0.05) is 24.3 Å². The second kappa shape index (κ2) is 11.0. The fourth-order valence-electron chi connectivity index (χ4n) is 2.69. The maximum Gasteiger partial charge on any atom is 0.243 e. The summed E-state index contributed by atoms with van der Waals surface area (Å²) >= 11 is 0. The second-order valence-electron chi connectivity index (χ2n) is 7.16. The van der Waals surface area contributed by atoms with Gasteiger partial charge in [0, 0.05) is 26.2 Å². The first kappa shape index (κ1) is 23.7. The van der Waals surface area contributed by atoms with E-state index in [1.165, 1.54) is 4.31 Å². The molecule has 0 aliphatic carbocycles. The van der Waals surface area contributed by atoms with Crippen LogP contribution in [-0.2, 0) is 23.1 Å². The minimum atomic E-state index is -3.47. The molecule has 0 unspecified atom stereocenters. The maximum absolute atomic E-state index is 12.6. The Morgan fingerprint density at radius 2 is 1.80 bits per heavy atom. The summed E-state index contributed by atoms with van der Waals surface area (Å²) in [6.07, 6.45) is 0. The lowest BCUT2D eigenvalue weighted by atomic mass is 10.2. The Balaban J connectivity index is 2.03. The Bertz CT molecular complexity index is 941. The first-order valence-corrected chi connectivity index (χ1v) is 11.4. The van der Waals surface area contributed by atoms with Crippen LogP contribution < -0.4 is 15.4 Å². The number of hydrogen-bond acceptors (Lipinski definition) is 4. The van der Waals surface area contributed by atoms with Crippen LogP contribution >= 0.6 is 0 Å². The molecule has 0 spiro atoms. The van der Waals surface area contributed by atoms with Gasteiger partial charge in [0.15, 0.2) is 5.96 Å². The van der Waals surface area contributed by atoms with E-state index in [0.717, 1.165) is 23.4 Å². The van der Waals surface area contributed by atoms with Crippen molar-refractivity contribution in [1.82, 2.24) is 14.9 Å². The zero-order valence-corrected chi connectivity index (χ0v) is 19.2. The number of nitrogens with one attached hydrogen (secondary N) is 2. The largest absolute Gasteiger partial charge is 0.497 e. The molecule has 0 heterocycles. The average Bonchev–Trinajstić information content (AvgIpc) is 2.75. The molecule has 2 aromatic rings. The summed E-state index contributed by atoms with van der Waals surface area (Å²) in [6.45, 7) is 7.50. The van der Waals surface area contributed by atoms with Gasteiger partial charge in [0.05, 0.1) is 18.6 Å². The number of ether oxygens (including phenoxy) is 1.